The van der Waals surface area contributed by atoms with E-state index < -0.39 is 18.2 Å². The van der Waals surface area contributed by atoms with E-state index in [1.54, 1.807) is 31.6 Å². The van der Waals surface area contributed by atoms with Crippen molar-refractivity contribution in [2.24, 2.45) is 5.73 Å². The number of methoxy groups -OCH3 is 2. The second-order valence-electron chi connectivity index (χ2n) is 7.11. The average molecular weight is 458 g/mol. The van der Waals surface area contributed by atoms with E-state index in [1.165, 1.54) is 7.11 Å². The highest BCUT2D eigenvalue weighted by atomic mass is 16.6. The van der Waals surface area contributed by atoms with Gasteiger partial charge < -0.3 is 33.5 Å². The number of primary amides is 1. The van der Waals surface area contributed by atoms with Crippen LogP contribution >= 0.6 is 0 Å². The summed E-state index contributed by atoms with van der Waals surface area (Å²) in [4.78, 5) is 27.1. The average Bonchev–Trinajstić information content (AvgIpc) is 3.46. The molecule has 0 aliphatic carbocycles. The SMILES string of the molecule is COC(=O)[C@H](CCCc1ccc(OCc2nc(-c3ccco3)oc2C)c(OC)c1)OC(N)=O. The number of esters is 1. The maximum absolute atomic E-state index is 11.7. The van der Waals surface area contributed by atoms with Crippen LogP contribution in [0, 0.1) is 6.92 Å². The lowest BCUT2D eigenvalue weighted by Gasteiger charge is -2.15. The predicted molar refractivity (Wildman–Crippen MR) is 116 cm³/mol. The predicted octanol–water partition coefficient (Wildman–Crippen LogP) is 3.79. The molecule has 2 aromatic heterocycles. The number of rotatable bonds is 11. The molecule has 1 amide bonds. The standard InChI is InChI=1S/C23H26N2O8/c1-14-16(25-21(32-14)18-8-5-11-30-18)13-31-17-10-9-15(12-20(17)28-2)6-4-7-19(22(26)29-3)33-23(24)27/h5,8-12,19H,4,6-7,13H2,1-3H3,(H2,24,27)/t19-/m0/s1. The third-order valence-corrected chi connectivity index (χ3v) is 4.87. The minimum Gasteiger partial charge on any atom is -0.493 e. The van der Waals surface area contributed by atoms with Gasteiger partial charge in [-0.05, 0) is 56.0 Å². The molecule has 0 spiro atoms. The Bertz CT molecular complexity index is 1070. The van der Waals surface area contributed by atoms with Crippen molar-refractivity contribution in [3.05, 3.63) is 53.6 Å². The van der Waals surface area contributed by atoms with Gasteiger partial charge in [0.15, 0.2) is 17.3 Å². The molecule has 176 valence electrons. The Kier molecular flexibility index (Phi) is 7.96. The maximum Gasteiger partial charge on any atom is 0.405 e. The summed E-state index contributed by atoms with van der Waals surface area (Å²) < 4.78 is 31.8. The van der Waals surface area contributed by atoms with E-state index in [1.807, 2.05) is 19.1 Å². The fraction of sp³-hybridized carbons (Fsp3) is 0.348. The first-order valence-electron chi connectivity index (χ1n) is 10.2. The molecule has 10 heteroatoms. The molecule has 2 N–H and O–H groups in total. The van der Waals surface area contributed by atoms with Crippen LogP contribution < -0.4 is 15.2 Å². The number of hydrogen-bond acceptors (Lipinski definition) is 9. The van der Waals surface area contributed by atoms with Crippen LogP contribution in [0.2, 0.25) is 0 Å². The number of nitrogens with zero attached hydrogens (tertiary/aromatic N) is 1. The van der Waals surface area contributed by atoms with E-state index in [4.69, 9.17) is 28.8 Å². The van der Waals surface area contributed by atoms with Crippen molar-refractivity contribution in [2.45, 2.75) is 38.9 Å². The molecule has 1 aromatic carbocycles. The molecule has 0 saturated carbocycles. The van der Waals surface area contributed by atoms with E-state index in [0.29, 0.717) is 47.4 Å². The van der Waals surface area contributed by atoms with Gasteiger partial charge in [-0.2, -0.15) is 0 Å². The first-order chi connectivity index (χ1) is 15.9. The molecule has 0 radical (unpaired) electrons. The molecule has 0 aliphatic heterocycles. The normalized spacial score (nSPS) is 11.6. The number of ether oxygens (including phenoxy) is 4. The van der Waals surface area contributed by atoms with Crippen LogP contribution in [0.3, 0.4) is 0 Å². The molecule has 3 aromatic rings. The summed E-state index contributed by atoms with van der Waals surface area (Å²) in [5, 5.41) is 0. The molecular weight excluding hydrogens is 432 g/mol. The summed E-state index contributed by atoms with van der Waals surface area (Å²) in [6.07, 6.45) is 0.948. The van der Waals surface area contributed by atoms with E-state index in [0.717, 1.165) is 5.56 Å². The van der Waals surface area contributed by atoms with Gasteiger partial charge in [0.1, 0.15) is 18.1 Å². The monoisotopic (exact) mass is 458 g/mol. The molecule has 0 aliphatic rings. The Morgan fingerprint density at radius 2 is 2.00 bits per heavy atom. The minimum absolute atomic E-state index is 0.191. The van der Waals surface area contributed by atoms with Gasteiger partial charge >= 0.3 is 12.1 Å². The Hall–Kier alpha value is -3.95. The highest BCUT2D eigenvalue weighted by molar-refractivity contribution is 5.78. The molecule has 2 heterocycles. The van der Waals surface area contributed by atoms with Crippen LogP contribution in [-0.4, -0.2) is 37.4 Å². The van der Waals surface area contributed by atoms with Gasteiger partial charge in [0, 0.05) is 0 Å². The zero-order chi connectivity index (χ0) is 23.8. The van der Waals surface area contributed by atoms with Gasteiger partial charge in [0.2, 0.25) is 6.10 Å². The van der Waals surface area contributed by atoms with Gasteiger partial charge in [-0.3, -0.25) is 0 Å². The summed E-state index contributed by atoms with van der Waals surface area (Å²) in [5.41, 5.74) is 6.62. The van der Waals surface area contributed by atoms with Crippen LogP contribution in [0.4, 0.5) is 4.79 Å². The number of benzene rings is 1. The van der Waals surface area contributed by atoms with Crippen molar-refractivity contribution in [3.63, 3.8) is 0 Å². The largest absolute Gasteiger partial charge is 0.493 e. The number of amides is 1. The van der Waals surface area contributed by atoms with Crippen molar-refractivity contribution in [1.82, 2.24) is 4.98 Å². The maximum atomic E-state index is 11.7. The fourth-order valence-corrected chi connectivity index (χ4v) is 3.19. The molecule has 0 unspecified atom stereocenters. The van der Waals surface area contributed by atoms with Crippen LogP contribution in [0.25, 0.3) is 11.7 Å². The smallest absolute Gasteiger partial charge is 0.405 e. The zero-order valence-corrected chi connectivity index (χ0v) is 18.7. The fourth-order valence-electron chi connectivity index (χ4n) is 3.19. The number of aromatic nitrogens is 1. The molecule has 0 fully saturated rings. The summed E-state index contributed by atoms with van der Waals surface area (Å²) in [7, 11) is 2.78. The second kappa shape index (κ2) is 11.1. The summed E-state index contributed by atoms with van der Waals surface area (Å²) in [5.74, 6) is 2.03. The van der Waals surface area contributed by atoms with Gasteiger partial charge in [-0.25, -0.2) is 14.6 Å². The van der Waals surface area contributed by atoms with Crippen molar-refractivity contribution < 1.29 is 37.4 Å². The minimum atomic E-state index is -1.03. The van der Waals surface area contributed by atoms with Crippen molar-refractivity contribution >= 4 is 12.1 Å². The van der Waals surface area contributed by atoms with Crippen LogP contribution in [0.1, 0.15) is 29.9 Å². The lowest BCUT2D eigenvalue weighted by Crippen LogP contribution is -2.31. The Morgan fingerprint density at radius 1 is 1.18 bits per heavy atom. The number of oxazole rings is 1. The first kappa shape index (κ1) is 23.7. The zero-order valence-electron chi connectivity index (χ0n) is 18.7. The summed E-state index contributed by atoms with van der Waals surface area (Å²) >= 11 is 0. The van der Waals surface area contributed by atoms with Crippen LogP contribution in [-0.2, 0) is 27.3 Å². The Balaban J connectivity index is 1.59. The van der Waals surface area contributed by atoms with Gasteiger partial charge in [0.05, 0.1) is 20.5 Å². The molecule has 1 atom stereocenters. The lowest BCUT2D eigenvalue weighted by molar-refractivity contribution is -0.150. The molecule has 33 heavy (non-hydrogen) atoms. The van der Waals surface area contributed by atoms with Crippen LogP contribution in [0.5, 0.6) is 11.5 Å². The summed E-state index contributed by atoms with van der Waals surface area (Å²) in [6, 6.07) is 9.07. The number of aryl methyl sites for hydroxylation is 2. The van der Waals surface area contributed by atoms with E-state index in [2.05, 4.69) is 9.72 Å². The quantitative estimate of drug-likeness (QED) is 0.425. The highest BCUT2D eigenvalue weighted by Gasteiger charge is 2.22. The van der Waals surface area contributed by atoms with E-state index >= 15 is 0 Å². The van der Waals surface area contributed by atoms with Crippen molar-refractivity contribution in [2.75, 3.05) is 14.2 Å². The summed E-state index contributed by atoms with van der Waals surface area (Å²) in [6.45, 7) is 2.00. The number of carbonyl (C=O) groups excluding carboxylic acids is 2. The topological polar surface area (TPSA) is 136 Å². The van der Waals surface area contributed by atoms with Crippen molar-refractivity contribution in [1.29, 1.82) is 0 Å². The number of carbonyl (C=O) groups is 2. The number of furan rings is 1. The third-order valence-electron chi connectivity index (χ3n) is 4.87. The molecule has 0 bridgehead atoms. The molecule has 0 saturated heterocycles. The number of hydrogen-bond donors (Lipinski definition) is 1. The van der Waals surface area contributed by atoms with Gasteiger partial charge in [0.25, 0.3) is 5.89 Å². The Labute approximate surface area is 190 Å². The molecule has 3 rings (SSSR count). The van der Waals surface area contributed by atoms with Crippen molar-refractivity contribution in [3.8, 4) is 23.1 Å². The first-order valence-corrected chi connectivity index (χ1v) is 10.2. The van der Waals surface area contributed by atoms with E-state index in [9.17, 15) is 9.59 Å². The van der Waals surface area contributed by atoms with Crippen LogP contribution in [0.15, 0.2) is 45.4 Å². The molecular formula is C23H26N2O8. The third kappa shape index (κ3) is 6.28. The second-order valence-corrected chi connectivity index (χ2v) is 7.11. The van der Waals surface area contributed by atoms with E-state index in [-0.39, 0.29) is 13.0 Å². The van der Waals surface area contributed by atoms with Gasteiger partial charge in [-0.15, -0.1) is 0 Å². The molecule has 10 nitrogen and oxygen atoms in total. The highest BCUT2D eigenvalue weighted by Crippen LogP contribution is 2.30. The Morgan fingerprint density at radius 3 is 2.67 bits per heavy atom. The number of nitrogens with two attached hydrogens (primary N) is 1. The van der Waals surface area contributed by atoms with Gasteiger partial charge in [-0.1, -0.05) is 6.07 Å². The lowest BCUT2D eigenvalue weighted by atomic mass is 10.1.